The molecule has 4 rings (SSSR count). The number of hydrogen-bond acceptors (Lipinski definition) is 4. The highest BCUT2D eigenvalue weighted by Gasteiger charge is 2.29. The molecule has 1 saturated carbocycles. The molecule has 1 saturated heterocycles. The molecule has 6 nitrogen and oxygen atoms in total. The first-order valence-corrected chi connectivity index (χ1v) is 9.39. The summed E-state index contributed by atoms with van der Waals surface area (Å²) in [4.78, 5) is 14.9. The summed E-state index contributed by atoms with van der Waals surface area (Å²) in [5.41, 5.74) is 1.65. The van der Waals surface area contributed by atoms with Crippen LogP contribution >= 0.6 is 0 Å². The lowest BCUT2D eigenvalue weighted by Gasteiger charge is -2.33. The Bertz CT molecular complexity index is 769. The summed E-state index contributed by atoms with van der Waals surface area (Å²) in [5.74, 6) is 1.35. The van der Waals surface area contributed by atoms with Gasteiger partial charge in [-0.15, -0.1) is 0 Å². The fourth-order valence-corrected chi connectivity index (χ4v) is 3.19. The van der Waals surface area contributed by atoms with Gasteiger partial charge in [-0.05, 0) is 37.8 Å². The van der Waals surface area contributed by atoms with E-state index in [4.69, 9.17) is 9.47 Å². The predicted octanol–water partition coefficient (Wildman–Crippen LogP) is 2.91. The van der Waals surface area contributed by atoms with Crippen LogP contribution in [0.2, 0.25) is 0 Å². The van der Waals surface area contributed by atoms with Crippen LogP contribution in [0.15, 0.2) is 36.7 Å². The standard InChI is InChI=1S/C20H25N3O3/c1-2-23-12-16(11-21-23)19-13-22(9-10-25-19)20(24)17-5-3-4-6-18(17)26-14-15-7-8-15/h3-6,11-12,15,19H,2,7-10,13-14H2,1H3. The van der Waals surface area contributed by atoms with Crippen LogP contribution < -0.4 is 4.74 Å². The molecule has 0 spiro atoms. The number of para-hydroxylation sites is 1. The van der Waals surface area contributed by atoms with Crippen molar-refractivity contribution in [1.29, 1.82) is 0 Å². The average Bonchev–Trinajstić information content (AvgIpc) is 3.40. The molecule has 2 aromatic rings. The number of aromatic nitrogens is 2. The van der Waals surface area contributed by atoms with Gasteiger partial charge in [-0.25, -0.2) is 0 Å². The van der Waals surface area contributed by atoms with E-state index < -0.39 is 0 Å². The van der Waals surface area contributed by atoms with E-state index in [2.05, 4.69) is 5.10 Å². The van der Waals surface area contributed by atoms with Crippen molar-refractivity contribution < 1.29 is 14.3 Å². The minimum atomic E-state index is -0.132. The Labute approximate surface area is 153 Å². The molecule has 26 heavy (non-hydrogen) atoms. The summed E-state index contributed by atoms with van der Waals surface area (Å²) in [6.45, 7) is 5.22. The maximum absolute atomic E-state index is 13.1. The highest BCUT2D eigenvalue weighted by atomic mass is 16.5. The third kappa shape index (κ3) is 3.75. The van der Waals surface area contributed by atoms with Crippen LogP contribution in [0.4, 0.5) is 0 Å². The molecule has 6 heteroatoms. The van der Waals surface area contributed by atoms with Crippen molar-refractivity contribution in [3.05, 3.63) is 47.8 Å². The Kier molecular flexibility index (Phi) is 4.93. The summed E-state index contributed by atoms with van der Waals surface area (Å²) in [5, 5.41) is 4.31. The van der Waals surface area contributed by atoms with Crippen molar-refractivity contribution in [2.75, 3.05) is 26.3 Å². The topological polar surface area (TPSA) is 56.6 Å². The highest BCUT2D eigenvalue weighted by molar-refractivity contribution is 5.97. The van der Waals surface area contributed by atoms with Crippen molar-refractivity contribution in [2.45, 2.75) is 32.4 Å². The maximum Gasteiger partial charge on any atom is 0.257 e. The quantitative estimate of drug-likeness (QED) is 0.799. The summed E-state index contributed by atoms with van der Waals surface area (Å²) in [6, 6.07) is 7.55. The fraction of sp³-hybridized carbons (Fsp3) is 0.500. The number of benzene rings is 1. The molecule has 1 aromatic heterocycles. The van der Waals surface area contributed by atoms with Gasteiger partial charge in [-0.3, -0.25) is 9.48 Å². The first-order chi connectivity index (χ1) is 12.7. The molecule has 0 bridgehead atoms. The average molecular weight is 355 g/mol. The third-order valence-corrected chi connectivity index (χ3v) is 4.99. The molecule has 1 atom stereocenters. The van der Waals surface area contributed by atoms with Crippen LogP contribution in [0, 0.1) is 5.92 Å². The monoisotopic (exact) mass is 355 g/mol. The Morgan fingerprint density at radius 1 is 1.35 bits per heavy atom. The van der Waals surface area contributed by atoms with Crippen molar-refractivity contribution in [3.8, 4) is 5.75 Å². The van der Waals surface area contributed by atoms with Gasteiger partial charge in [-0.1, -0.05) is 12.1 Å². The number of rotatable bonds is 6. The normalized spacial score (nSPS) is 20.2. The lowest BCUT2D eigenvalue weighted by Crippen LogP contribution is -2.42. The van der Waals surface area contributed by atoms with Crippen LogP contribution in [0.1, 0.15) is 41.8 Å². The van der Waals surface area contributed by atoms with Gasteiger partial charge in [-0.2, -0.15) is 5.10 Å². The number of ether oxygens (including phenoxy) is 2. The van der Waals surface area contributed by atoms with Gasteiger partial charge >= 0.3 is 0 Å². The Morgan fingerprint density at radius 3 is 2.96 bits per heavy atom. The number of aryl methyl sites for hydroxylation is 1. The van der Waals surface area contributed by atoms with Crippen molar-refractivity contribution >= 4 is 5.91 Å². The summed E-state index contributed by atoms with van der Waals surface area (Å²) in [6.07, 6.45) is 6.15. The number of hydrogen-bond donors (Lipinski definition) is 0. The second kappa shape index (κ2) is 7.50. The van der Waals surface area contributed by atoms with E-state index in [-0.39, 0.29) is 12.0 Å². The SMILES string of the molecule is CCn1cc(C2CN(C(=O)c3ccccc3OCC3CC3)CCO2)cn1. The van der Waals surface area contributed by atoms with E-state index in [0.717, 1.165) is 12.1 Å². The van der Waals surface area contributed by atoms with Crippen LogP contribution in [-0.2, 0) is 11.3 Å². The second-order valence-corrected chi connectivity index (χ2v) is 6.99. The van der Waals surface area contributed by atoms with E-state index in [1.165, 1.54) is 12.8 Å². The predicted molar refractivity (Wildman–Crippen MR) is 97.2 cm³/mol. The fourth-order valence-electron chi connectivity index (χ4n) is 3.19. The van der Waals surface area contributed by atoms with Crippen molar-refractivity contribution in [1.82, 2.24) is 14.7 Å². The minimum absolute atomic E-state index is 0.00702. The lowest BCUT2D eigenvalue weighted by atomic mass is 10.1. The molecule has 1 amide bonds. The lowest BCUT2D eigenvalue weighted by molar-refractivity contribution is -0.0229. The zero-order valence-corrected chi connectivity index (χ0v) is 15.1. The maximum atomic E-state index is 13.1. The van der Waals surface area contributed by atoms with Crippen LogP contribution in [0.5, 0.6) is 5.75 Å². The molecule has 1 aliphatic carbocycles. The molecule has 0 N–H and O–H groups in total. The number of carbonyl (C=O) groups is 1. The zero-order valence-electron chi connectivity index (χ0n) is 15.1. The molecule has 2 aliphatic rings. The first kappa shape index (κ1) is 17.1. The minimum Gasteiger partial charge on any atom is -0.492 e. The Hall–Kier alpha value is -2.34. The van der Waals surface area contributed by atoms with Crippen molar-refractivity contribution in [3.63, 3.8) is 0 Å². The largest absolute Gasteiger partial charge is 0.492 e. The van der Waals surface area contributed by atoms with Gasteiger partial charge in [0.25, 0.3) is 5.91 Å². The number of nitrogens with zero attached hydrogens (tertiary/aromatic N) is 3. The Balaban J connectivity index is 1.47. The van der Waals surface area contributed by atoms with Gasteiger partial charge in [0.05, 0.1) is 31.5 Å². The summed E-state index contributed by atoms with van der Waals surface area (Å²) < 4.78 is 13.7. The molecular formula is C20H25N3O3. The molecule has 138 valence electrons. The molecular weight excluding hydrogens is 330 g/mol. The van der Waals surface area contributed by atoms with E-state index in [1.54, 1.807) is 0 Å². The molecule has 1 aliphatic heterocycles. The molecule has 0 radical (unpaired) electrons. The van der Waals surface area contributed by atoms with Gasteiger partial charge in [0.15, 0.2) is 0 Å². The molecule has 1 aromatic carbocycles. The molecule has 1 unspecified atom stereocenters. The van der Waals surface area contributed by atoms with Gasteiger partial charge < -0.3 is 14.4 Å². The van der Waals surface area contributed by atoms with Gasteiger partial charge in [0.1, 0.15) is 11.9 Å². The highest BCUT2D eigenvalue weighted by Crippen LogP contribution is 2.31. The number of amides is 1. The molecule has 2 fully saturated rings. The van der Waals surface area contributed by atoms with Crippen LogP contribution in [0.3, 0.4) is 0 Å². The Morgan fingerprint density at radius 2 is 2.19 bits per heavy atom. The van der Waals surface area contributed by atoms with E-state index in [0.29, 0.717) is 43.5 Å². The molecule has 2 heterocycles. The van der Waals surface area contributed by atoms with E-state index >= 15 is 0 Å². The number of carbonyl (C=O) groups excluding carboxylic acids is 1. The van der Waals surface area contributed by atoms with Crippen molar-refractivity contribution in [2.24, 2.45) is 5.92 Å². The zero-order chi connectivity index (χ0) is 17.9. The van der Waals surface area contributed by atoms with Gasteiger partial charge in [0.2, 0.25) is 0 Å². The summed E-state index contributed by atoms with van der Waals surface area (Å²) >= 11 is 0. The van der Waals surface area contributed by atoms with E-state index in [9.17, 15) is 4.79 Å². The third-order valence-electron chi connectivity index (χ3n) is 4.99. The van der Waals surface area contributed by atoms with Crippen LogP contribution in [-0.4, -0.2) is 46.9 Å². The van der Waals surface area contributed by atoms with Gasteiger partial charge in [0, 0.05) is 24.8 Å². The summed E-state index contributed by atoms with van der Waals surface area (Å²) in [7, 11) is 0. The first-order valence-electron chi connectivity index (χ1n) is 9.39. The smallest absolute Gasteiger partial charge is 0.257 e. The number of morpholine rings is 1. The van der Waals surface area contributed by atoms with Crippen LogP contribution in [0.25, 0.3) is 0 Å². The second-order valence-electron chi connectivity index (χ2n) is 6.99. The van der Waals surface area contributed by atoms with E-state index in [1.807, 2.05) is 53.2 Å².